The van der Waals surface area contributed by atoms with Crippen LogP contribution >= 0.6 is 0 Å². The zero-order valence-corrected chi connectivity index (χ0v) is 13.1. The lowest BCUT2D eigenvalue weighted by atomic mass is 10.1. The van der Waals surface area contributed by atoms with Crippen molar-refractivity contribution in [3.8, 4) is 0 Å². The molecule has 0 aliphatic carbocycles. The summed E-state index contributed by atoms with van der Waals surface area (Å²) in [6, 6.07) is 0. The van der Waals surface area contributed by atoms with Crippen LogP contribution in [0.5, 0.6) is 0 Å². The number of rotatable bonds is 11. The van der Waals surface area contributed by atoms with Crippen molar-refractivity contribution in [2.75, 3.05) is 26.8 Å². The van der Waals surface area contributed by atoms with Gasteiger partial charge in [0.25, 0.3) is 5.91 Å². The summed E-state index contributed by atoms with van der Waals surface area (Å²) in [5.74, 6) is 0.0129. The molecule has 0 fully saturated rings. The van der Waals surface area contributed by atoms with Crippen LogP contribution in [-0.2, 0) is 9.53 Å². The Bertz CT molecular complexity index is 242. The topological polar surface area (TPSA) is 49.8 Å². The molecule has 0 spiro atoms. The number of hydrogen-bond acceptors (Lipinski definition) is 3. The van der Waals surface area contributed by atoms with Gasteiger partial charge in [-0.2, -0.15) is 0 Å². The fourth-order valence-corrected chi connectivity index (χ4v) is 1.95. The summed E-state index contributed by atoms with van der Waals surface area (Å²) in [6.45, 7) is 7.26. The van der Waals surface area contributed by atoms with Gasteiger partial charge in [-0.1, -0.05) is 32.6 Å². The Hall–Kier alpha value is -0.610. The molecule has 1 N–H and O–H groups in total. The first kappa shape index (κ1) is 18.4. The van der Waals surface area contributed by atoms with E-state index in [-0.39, 0.29) is 12.5 Å². The molecule has 1 amide bonds. The highest BCUT2D eigenvalue weighted by atomic mass is 16.5. The first-order valence-electron chi connectivity index (χ1n) is 7.45. The van der Waals surface area contributed by atoms with Gasteiger partial charge in [0.05, 0.1) is 0 Å². The van der Waals surface area contributed by atoms with Gasteiger partial charge in [-0.05, 0) is 26.7 Å². The van der Waals surface area contributed by atoms with Crippen LogP contribution in [-0.4, -0.2) is 48.3 Å². The number of ether oxygens (including phenoxy) is 1. The summed E-state index contributed by atoms with van der Waals surface area (Å²) in [4.78, 5) is 14.2. The van der Waals surface area contributed by atoms with Crippen LogP contribution in [0.3, 0.4) is 0 Å². The fourth-order valence-electron chi connectivity index (χ4n) is 1.95. The summed E-state index contributed by atoms with van der Waals surface area (Å²) in [7, 11) is 1.56. The molecule has 0 heterocycles. The number of unbranched alkanes of at least 4 members (excludes halogenated alkanes) is 4. The Morgan fingerprint density at radius 2 is 1.68 bits per heavy atom. The fraction of sp³-hybridized carbons (Fsp3) is 0.933. The van der Waals surface area contributed by atoms with Crippen LogP contribution in [0.1, 0.15) is 59.3 Å². The molecule has 0 aromatic rings. The zero-order chi connectivity index (χ0) is 14.7. The number of carbonyl (C=O) groups excluding carboxylic acids is 1. The van der Waals surface area contributed by atoms with E-state index in [0.29, 0.717) is 13.0 Å². The highest BCUT2D eigenvalue weighted by Crippen LogP contribution is 2.14. The van der Waals surface area contributed by atoms with Crippen molar-refractivity contribution in [2.45, 2.75) is 64.9 Å². The second-order valence-electron chi connectivity index (χ2n) is 5.50. The molecular formula is C15H31NO3. The summed E-state index contributed by atoms with van der Waals surface area (Å²) in [5, 5.41) is 8.93. The van der Waals surface area contributed by atoms with E-state index in [9.17, 15) is 4.79 Å². The third kappa shape index (κ3) is 7.53. The van der Waals surface area contributed by atoms with Crippen molar-refractivity contribution in [3.63, 3.8) is 0 Å². The van der Waals surface area contributed by atoms with E-state index in [0.717, 1.165) is 19.4 Å². The third-order valence-corrected chi connectivity index (χ3v) is 3.43. The van der Waals surface area contributed by atoms with Crippen molar-refractivity contribution in [2.24, 2.45) is 0 Å². The molecule has 0 aliphatic rings. The van der Waals surface area contributed by atoms with Gasteiger partial charge in [0, 0.05) is 26.8 Å². The van der Waals surface area contributed by atoms with Crippen molar-refractivity contribution in [1.29, 1.82) is 0 Å². The molecule has 0 unspecified atom stereocenters. The number of aliphatic hydroxyl groups excluding tert-OH is 1. The normalized spacial score (nSPS) is 11.6. The van der Waals surface area contributed by atoms with Crippen molar-refractivity contribution in [3.05, 3.63) is 0 Å². The summed E-state index contributed by atoms with van der Waals surface area (Å²) < 4.78 is 5.25. The van der Waals surface area contributed by atoms with Gasteiger partial charge < -0.3 is 14.7 Å². The second-order valence-corrected chi connectivity index (χ2v) is 5.50. The van der Waals surface area contributed by atoms with Crippen LogP contribution in [0.2, 0.25) is 0 Å². The molecule has 4 nitrogen and oxygen atoms in total. The standard InChI is InChI=1S/C15H31NO3/c1-5-6-7-8-9-11-16(12-10-13-17)14(18)15(2,3)19-4/h17H,5-13H2,1-4H3. The first-order chi connectivity index (χ1) is 8.99. The van der Waals surface area contributed by atoms with Gasteiger partial charge in [-0.15, -0.1) is 0 Å². The van der Waals surface area contributed by atoms with E-state index in [2.05, 4.69) is 6.92 Å². The van der Waals surface area contributed by atoms with Crippen LogP contribution in [0.25, 0.3) is 0 Å². The van der Waals surface area contributed by atoms with E-state index < -0.39 is 5.60 Å². The molecule has 0 bridgehead atoms. The largest absolute Gasteiger partial charge is 0.396 e. The number of hydrogen-bond donors (Lipinski definition) is 1. The molecular weight excluding hydrogens is 242 g/mol. The number of nitrogens with zero attached hydrogens (tertiary/aromatic N) is 1. The monoisotopic (exact) mass is 273 g/mol. The van der Waals surface area contributed by atoms with E-state index in [1.165, 1.54) is 19.3 Å². The van der Waals surface area contributed by atoms with Crippen LogP contribution in [0.15, 0.2) is 0 Å². The van der Waals surface area contributed by atoms with E-state index in [1.54, 1.807) is 21.0 Å². The highest BCUT2D eigenvalue weighted by molar-refractivity contribution is 5.84. The predicted octanol–water partition coefficient (Wildman–Crippen LogP) is 2.59. The molecule has 0 saturated carbocycles. The average molecular weight is 273 g/mol. The lowest BCUT2D eigenvalue weighted by molar-refractivity contribution is -0.151. The molecule has 4 heteroatoms. The molecule has 0 atom stereocenters. The van der Waals surface area contributed by atoms with Gasteiger partial charge in [-0.3, -0.25) is 4.79 Å². The van der Waals surface area contributed by atoms with Gasteiger partial charge in [0.1, 0.15) is 5.60 Å². The molecule has 0 radical (unpaired) electrons. The van der Waals surface area contributed by atoms with Crippen LogP contribution < -0.4 is 0 Å². The average Bonchev–Trinajstić information content (AvgIpc) is 2.41. The Labute approximate surface area is 118 Å². The third-order valence-electron chi connectivity index (χ3n) is 3.43. The number of amides is 1. The SMILES string of the molecule is CCCCCCCN(CCCO)C(=O)C(C)(C)OC. The van der Waals surface area contributed by atoms with Crippen molar-refractivity contribution >= 4 is 5.91 Å². The minimum atomic E-state index is -0.779. The van der Waals surface area contributed by atoms with Gasteiger partial charge in [0.15, 0.2) is 0 Å². The summed E-state index contributed by atoms with van der Waals surface area (Å²) >= 11 is 0. The quantitative estimate of drug-likeness (QED) is 0.589. The maximum atomic E-state index is 12.3. The second kappa shape index (κ2) is 10.2. The minimum Gasteiger partial charge on any atom is -0.396 e. The lowest BCUT2D eigenvalue weighted by Gasteiger charge is -2.31. The number of methoxy groups -OCH3 is 1. The van der Waals surface area contributed by atoms with Crippen LogP contribution in [0.4, 0.5) is 0 Å². The van der Waals surface area contributed by atoms with E-state index in [1.807, 2.05) is 4.90 Å². The molecule has 0 saturated heterocycles. The zero-order valence-electron chi connectivity index (χ0n) is 13.1. The molecule has 0 aromatic carbocycles. The van der Waals surface area contributed by atoms with Crippen molar-refractivity contribution in [1.82, 2.24) is 4.90 Å². The molecule has 0 aliphatic heterocycles. The molecule has 114 valence electrons. The minimum absolute atomic E-state index is 0.0129. The highest BCUT2D eigenvalue weighted by Gasteiger charge is 2.31. The van der Waals surface area contributed by atoms with Crippen molar-refractivity contribution < 1.29 is 14.6 Å². The summed E-state index contributed by atoms with van der Waals surface area (Å²) in [5.41, 5.74) is -0.779. The molecule has 0 aromatic heterocycles. The Kier molecular flexibility index (Phi) is 9.88. The Balaban J connectivity index is 4.25. The Morgan fingerprint density at radius 3 is 2.21 bits per heavy atom. The first-order valence-corrected chi connectivity index (χ1v) is 7.45. The van der Waals surface area contributed by atoms with Gasteiger partial charge in [0.2, 0.25) is 0 Å². The molecule has 0 rings (SSSR count). The van der Waals surface area contributed by atoms with Gasteiger partial charge in [-0.25, -0.2) is 0 Å². The van der Waals surface area contributed by atoms with Gasteiger partial charge >= 0.3 is 0 Å². The predicted molar refractivity (Wildman–Crippen MR) is 78.1 cm³/mol. The maximum absolute atomic E-state index is 12.3. The van der Waals surface area contributed by atoms with Crippen LogP contribution in [0, 0.1) is 0 Å². The number of aliphatic hydroxyl groups is 1. The van der Waals surface area contributed by atoms with E-state index >= 15 is 0 Å². The summed E-state index contributed by atoms with van der Waals surface area (Å²) in [6.07, 6.45) is 6.52. The Morgan fingerprint density at radius 1 is 1.11 bits per heavy atom. The number of carbonyl (C=O) groups is 1. The smallest absolute Gasteiger partial charge is 0.254 e. The molecule has 19 heavy (non-hydrogen) atoms. The maximum Gasteiger partial charge on any atom is 0.254 e. The lowest BCUT2D eigenvalue weighted by Crippen LogP contribution is -2.47. The van der Waals surface area contributed by atoms with E-state index in [4.69, 9.17) is 9.84 Å².